The first kappa shape index (κ1) is 13.6. The van der Waals surface area contributed by atoms with Crippen LogP contribution in [-0.4, -0.2) is 28.8 Å². The van der Waals surface area contributed by atoms with Crippen molar-refractivity contribution in [1.29, 1.82) is 0 Å². The lowest BCUT2D eigenvalue weighted by Gasteiger charge is -2.10. The van der Waals surface area contributed by atoms with Gasteiger partial charge in [0.25, 0.3) is 5.91 Å². The Morgan fingerprint density at radius 3 is 2.74 bits per heavy atom. The molecule has 0 fully saturated rings. The number of likely N-dealkylation sites (N-methyl/N-ethyl adjacent to an activating group) is 1. The molecule has 1 N–H and O–H groups in total. The molecular weight excluding hydrogens is 310 g/mol. The maximum absolute atomic E-state index is 11.4. The molecule has 0 aliphatic heterocycles. The number of hydrogen-bond acceptors (Lipinski definition) is 3. The van der Waals surface area contributed by atoms with Gasteiger partial charge in [0.05, 0.1) is 10.2 Å². The van der Waals surface area contributed by atoms with Crippen LogP contribution in [0.15, 0.2) is 41.0 Å². The molecule has 100 valence electrons. The molecule has 2 rings (SSSR count). The highest BCUT2D eigenvalue weighted by Crippen LogP contribution is 2.25. The number of hydrogen-bond donors (Lipinski definition) is 1. The van der Waals surface area contributed by atoms with Gasteiger partial charge in [-0.15, -0.1) is 5.10 Å². The van der Waals surface area contributed by atoms with E-state index in [1.165, 1.54) is 0 Å². The van der Waals surface area contributed by atoms with E-state index >= 15 is 0 Å². The van der Waals surface area contributed by atoms with Gasteiger partial charge in [-0.2, -0.15) is 0 Å². The number of carbonyl (C=O) groups excluding carboxylic acids is 1. The smallest absolute Gasteiger partial charge is 0.260 e. The molecular formula is C13H14BrN3O2. The van der Waals surface area contributed by atoms with Gasteiger partial charge in [0.1, 0.15) is 0 Å². The summed E-state index contributed by atoms with van der Waals surface area (Å²) in [6, 6.07) is 9.67. The van der Waals surface area contributed by atoms with E-state index in [2.05, 4.69) is 26.3 Å². The first-order valence-electron chi connectivity index (χ1n) is 5.80. The topological polar surface area (TPSA) is 56.1 Å². The zero-order valence-electron chi connectivity index (χ0n) is 10.6. The van der Waals surface area contributed by atoms with Crippen LogP contribution < -0.4 is 10.1 Å². The molecule has 19 heavy (non-hydrogen) atoms. The number of para-hydroxylation sites is 1. The van der Waals surface area contributed by atoms with E-state index in [1.807, 2.05) is 30.3 Å². The van der Waals surface area contributed by atoms with Gasteiger partial charge >= 0.3 is 0 Å². The molecule has 0 spiro atoms. The van der Waals surface area contributed by atoms with Crippen LogP contribution in [0.4, 0.5) is 0 Å². The average Bonchev–Trinajstić information content (AvgIpc) is 2.80. The van der Waals surface area contributed by atoms with Gasteiger partial charge in [0.15, 0.2) is 6.10 Å². The number of halogens is 1. The Morgan fingerprint density at radius 1 is 1.42 bits per heavy atom. The van der Waals surface area contributed by atoms with Gasteiger partial charge in [-0.1, -0.05) is 18.2 Å². The molecule has 0 saturated heterocycles. The third kappa shape index (κ3) is 3.14. The van der Waals surface area contributed by atoms with Crippen molar-refractivity contribution in [2.75, 3.05) is 7.05 Å². The SMILES string of the molecule is CNC(=O)[C@@H](C)Oc1nn(-c2ccccc2)cc1Br. The number of ether oxygens (including phenoxy) is 1. The highest BCUT2D eigenvalue weighted by atomic mass is 79.9. The Balaban J connectivity index is 2.20. The molecule has 0 radical (unpaired) electrons. The van der Waals surface area contributed by atoms with Crippen molar-refractivity contribution >= 4 is 21.8 Å². The third-order valence-electron chi connectivity index (χ3n) is 2.56. The van der Waals surface area contributed by atoms with Crippen LogP contribution in [0, 0.1) is 0 Å². The van der Waals surface area contributed by atoms with Crippen molar-refractivity contribution in [2.24, 2.45) is 0 Å². The van der Waals surface area contributed by atoms with E-state index < -0.39 is 6.10 Å². The minimum Gasteiger partial charge on any atom is -0.463 e. The zero-order chi connectivity index (χ0) is 13.8. The monoisotopic (exact) mass is 323 g/mol. The molecule has 6 heteroatoms. The van der Waals surface area contributed by atoms with Gasteiger partial charge in [0, 0.05) is 13.2 Å². The van der Waals surface area contributed by atoms with Crippen LogP contribution in [-0.2, 0) is 4.79 Å². The molecule has 0 saturated carbocycles. The van der Waals surface area contributed by atoms with Crippen molar-refractivity contribution in [3.63, 3.8) is 0 Å². The standard InChI is InChI=1S/C13H14BrN3O2/c1-9(12(18)15-2)19-13-11(14)8-17(16-13)10-6-4-3-5-7-10/h3-9H,1-2H3,(H,15,18)/t9-/m1/s1. The fraction of sp³-hybridized carbons (Fsp3) is 0.231. The molecule has 1 aromatic carbocycles. The molecule has 0 aliphatic carbocycles. The summed E-state index contributed by atoms with van der Waals surface area (Å²) < 4.78 is 7.90. The Morgan fingerprint density at radius 2 is 2.11 bits per heavy atom. The van der Waals surface area contributed by atoms with E-state index in [9.17, 15) is 4.79 Å². The maximum atomic E-state index is 11.4. The lowest BCUT2D eigenvalue weighted by molar-refractivity contribution is -0.126. The molecule has 1 amide bonds. The molecule has 1 heterocycles. The number of amides is 1. The highest BCUT2D eigenvalue weighted by Gasteiger charge is 2.17. The molecule has 1 aromatic heterocycles. The van der Waals surface area contributed by atoms with Crippen LogP contribution in [0.2, 0.25) is 0 Å². The van der Waals surface area contributed by atoms with E-state index in [0.717, 1.165) is 5.69 Å². The Hall–Kier alpha value is -1.82. The van der Waals surface area contributed by atoms with Gasteiger partial charge in [-0.25, -0.2) is 4.68 Å². The van der Waals surface area contributed by atoms with E-state index in [4.69, 9.17) is 4.74 Å². The first-order chi connectivity index (χ1) is 9.11. The van der Waals surface area contributed by atoms with Crippen LogP contribution in [0.1, 0.15) is 6.92 Å². The summed E-state index contributed by atoms with van der Waals surface area (Å²) >= 11 is 3.37. The first-order valence-corrected chi connectivity index (χ1v) is 6.60. The molecule has 1 atom stereocenters. The summed E-state index contributed by atoms with van der Waals surface area (Å²) in [6.07, 6.45) is 1.20. The normalized spacial score (nSPS) is 11.9. The highest BCUT2D eigenvalue weighted by molar-refractivity contribution is 9.10. The van der Waals surface area contributed by atoms with Gasteiger partial charge in [0.2, 0.25) is 5.88 Å². The Labute approximate surface area is 119 Å². The fourth-order valence-electron chi connectivity index (χ4n) is 1.55. The third-order valence-corrected chi connectivity index (χ3v) is 3.11. The predicted molar refractivity (Wildman–Crippen MR) is 75.4 cm³/mol. The quantitative estimate of drug-likeness (QED) is 0.938. The number of nitrogens with one attached hydrogen (secondary N) is 1. The van der Waals surface area contributed by atoms with E-state index in [-0.39, 0.29) is 5.91 Å². The van der Waals surface area contributed by atoms with E-state index in [1.54, 1.807) is 24.9 Å². The number of nitrogens with zero attached hydrogens (tertiary/aromatic N) is 2. The van der Waals surface area contributed by atoms with Crippen LogP contribution >= 0.6 is 15.9 Å². The summed E-state index contributed by atoms with van der Waals surface area (Å²) in [5.41, 5.74) is 0.922. The van der Waals surface area contributed by atoms with Crippen molar-refractivity contribution in [2.45, 2.75) is 13.0 Å². The minimum atomic E-state index is -0.597. The predicted octanol–water partition coefficient (Wildman–Crippen LogP) is 2.15. The van der Waals surface area contributed by atoms with Crippen LogP contribution in [0.5, 0.6) is 5.88 Å². The van der Waals surface area contributed by atoms with Crippen molar-refractivity contribution in [3.05, 3.63) is 41.0 Å². The fourth-order valence-corrected chi connectivity index (χ4v) is 1.92. The minimum absolute atomic E-state index is 0.193. The number of benzene rings is 1. The zero-order valence-corrected chi connectivity index (χ0v) is 12.2. The second kappa shape index (κ2) is 5.88. The van der Waals surface area contributed by atoms with Crippen LogP contribution in [0.3, 0.4) is 0 Å². The van der Waals surface area contributed by atoms with Crippen molar-refractivity contribution < 1.29 is 9.53 Å². The van der Waals surface area contributed by atoms with Gasteiger partial charge in [-0.3, -0.25) is 4.79 Å². The summed E-state index contributed by atoms with van der Waals surface area (Å²) in [4.78, 5) is 11.4. The lowest BCUT2D eigenvalue weighted by atomic mass is 10.3. The molecule has 0 aliphatic rings. The molecule has 2 aromatic rings. The summed E-state index contributed by atoms with van der Waals surface area (Å²) in [5, 5.41) is 6.83. The van der Waals surface area contributed by atoms with E-state index in [0.29, 0.717) is 10.4 Å². The van der Waals surface area contributed by atoms with Gasteiger partial charge < -0.3 is 10.1 Å². The second-order valence-electron chi connectivity index (χ2n) is 3.94. The second-order valence-corrected chi connectivity index (χ2v) is 4.79. The Bertz CT molecular complexity index is 569. The van der Waals surface area contributed by atoms with Crippen molar-refractivity contribution in [1.82, 2.24) is 15.1 Å². The Kier molecular flexibility index (Phi) is 4.21. The number of rotatable bonds is 4. The largest absolute Gasteiger partial charge is 0.463 e. The van der Waals surface area contributed by atoms with Crippen molar-refractivity contribution in [3.8, 4) is 11.6 Å². The maximum Gasteiger partial charge on any atom is 0.260 e. The summed E-state index contributed by atoms with van der Waals surface area (Å²) in [5.74, 6) is 0.195. The summed E-state index contributed by atoms with van der Waals surface area (Å²) in [7, 11) is 1.57. The molecule has 0 unspecified atom stereocenters. The molecule has 5 nitrogen and oxygen atoms in total. The number of carbonyl (C=O) groups is 1. The number of aromatic nitrogens is 2. The lowest BCUT2D eigenvalue weighted by Crippen LogP contribution is -2.33. The summed E-state index contributed by atoms with van der Waals surface area (Å²) in [6.45, 7) is 1.67. The average molecular weight is 324 g/mol. The van der Waals surface area contributed by atoms with Crippen LogP contribution in [0.25, 0.3) is 5.69 Å². The van der Waals surface area contributed by atoms with Gasteiger partial charge in [-0.05, 0) is 35.0 Å². The molecule has 0 bridgehead atoms.